The highest BCUT2D eigenvalue weighted by atomic mass is 16.5. The van der Waals surface area contributed by atoms with E-state index in [4.69, 9.17) is 10.5 Å². The summed E-state index contributed by atoms with van der Waals surface area (Å²) in [5.74, 6) is 1.62. The minimum absolute atomic E-state index is 0.0250. The Labute approximate surface area is 149 Å². The van der Waals surface area contributed by atoms with Crippen molar-refractivity contribution in [3.8, 4) is 5.75 Å². The minimum Gasteiger partial charge on any atom is -0.493 e. The van der Waals surface area contributed by atoms with Crippen LogP contribution in [0.4, 0.5) is 5.69 Å². The van der Waals surface area contributed by atoms with E-state index in [1.807, 2.05) is 30.3 Å². The SMILES string of the molecule is Cc1ccc(CNC(=O)CCc2ccccc2N)c(OCC2CC2)c1. The number of ether oxygens (including phenoxy) is 1. The lowest BCUT2D eigenvalue weighted by Gasteiger charge is -2.13. The van der Waals surface area contributed by atoms with Crippen LogP contribution in [0.25, 0.3) is 0 Å². The van der Waals surface area contributed by atoms with E-state index in [1.165, 1.54) is 18.4 Å². The van der Waals surface area contributed by atoms with E-state index >= 15 is 0 Å². The second kappa shape index (κ2) is 8.06. The van der Waals surface area contributed by atoms with E-state index in [0.29, 0.717) is 25.3 Å². The molecule has 2 aromatic carbocycles. The number of para-hydroxylation sites is 1. The highest BCUT2D eigenvalue weighted by molar-refractivity contribution is 5.76. The largest absolute Gasteiger partial charge is 0.493 e. The molecule has 0 heterocycles. The first kappa shape index (κ1) is 17.3. The number of nitrogens with one attached hydrogen (secondary N) is 1. The number of amides is 1. The minimum atomic E-state index is 0.0250. The predicted octanol–water partition coefficient (Wildman–Crippen LogP) is 3.62. The number of benzene rings is 2. The number of hydrogen-bond acceptors (Lipinski definition) is 3. The quantitative estimate of drug-likeness (QED) is 0.723. The summed E-state index contributed by atoms with van der Waals surface area (Å²) in [7, 11) is 0. The van der Waals surface area contributed by atoms with E-state index in [9.17, 15) is 4.79 Å². The van der Waals surface area contributed by atoms with Crippen LogP contribution in [0.2, 0.25) is 0 Å². The molecule has 25 heavy (non-hydrogen) atoms. The van der Waals surface area contributed by atoms with Crippen molar-refractivity contribution in [1.29, 1.82) is 0 Å². The predicted molar refractivity (Wildman–Crippen MR) is 100 cm³/mol. The summed E-state index contributed by atoms with van der Waals surface area (Å²) < 4.78 is 5.95. The Bertz CT molecular complexity index is 738. The van der Waals surface area contributed by atoms with Gasteiger partial charge in [-0.2, -0.15) is 0 Å². The average molecular weight is 338 g/mol. The van der Waals surface area contributed by atoms with E-state index in [0.717, 1.165) is 29.2 Å². The highest BCUT2D eigenvalue weighted by Crippen LogP contribution is 2.30. The van der Waals surface area contributed by atoms with Crippen LogP contribution in [0.5, 0.6) is 5.75 Å². The van der Waals surface area contributed by atoms with Crippen molar-refractivity contribution in [2.75, 3.05) is 12.3 Å². The molecular weight excluding hydrogens is 312 g/mol. The molecular formula is C21H26N2O2. The number of nitrogen functional groups attached to an aromatic ring is 1. The van der Waals surface area contributed by atoms with Gasteiger partial charge in [-0.1, -0.05) is 30.3 Å². The smallest absolute Gasteiger partial charge is 0.220 e. The summed E-state index contributed by atoms with van der Waals surface area (Å²) in [6.07, 6.45) is 3.61. The lowest BCUT2D eigenvalue weighted by Crippen LogP contribution is -2.23. The van der Waals surface area contributed by atoms with Gasteiger partial charge in [0.1, 0.15) is 5.75 Å². The number of anilines is 1. The van der Waals surface area contributed by atoms with Crippen molar-refractivity contribution in [2.45, 2.75) is 39.2 Å². The number of aryl methyl sites for hydroxylation is 2. The van der Waals surface area contributed by atoms with Crippen molar-refractivity contribution in [1.82, 2.24) is 5.32 Å². The monoisotopic (exact) mass is 338 g/mol. The van der Waals surface area contributed by atoms with Crippen molar-refractivity contribution in [2.24, 2.45) is 5.92 Å². The molecule has 0 saturated heterocycles. The van der Waals surface area contributed by atoms with Crippen LogP contribution in [0.15, 0.2) is 42.5 Å². The van der Waals surface area contributed by atoms with Crippen LogP contribution in [-0.4, -0.2) is 12.5 Å². The molecule has 0 atom stereocenters. The second-order valence-electron chi connectivity index (χ2n) is 6.84. The summed E-state index contributed by atoms with van der Waals surface area (Å²) in [5.41, 5.74) is 9.87. The summed E-state index contributed by atoms with van der Waals surface area (Å²) in [6, 6.07) is 13.8. The molecule has 1 aliphatic rings. The molecule has 0 spiro atoms. The first-order valence-corrected chi connectivity index (χ1v) is 8.94. The molecule has 3 N–H and O–H groups in total. The maximum Gasteiger partial charge on any atom is 0.220 e. The van der Waals surface area contributed by atoms with Gasteiger partial charge in [-0.15, -0.1) is 0 Å². The maximum atomic E-state index is 12.2. The van der Waals surface area contributed by atoms with Crippen molar-refractivity contribution >= 4 is 11.6 Å². The Balaban J connectivity index is 1.51. The maximum absolute atomic E-state index is 12.2. The fourth-order valence-corrected chi connectivity index (χ4v) is 2.73. The lowest BCUT2D eigenvalue weighted by atomic mass is 10.1. The first-order valence-electron chi connectivity index (χ1n) is 8.94. The first-order chi connectivity index (χ1) is 12.1. The van der Waals surface area contributed by atoms with Crippen LogP contribution in [-0.2, 0) is 17.8 Å². The van der Waals surface area contributed by atoms with E-state index in [1.54, 1.807) is 0 Å². The van der Waals surface area contributed by atoms with Crippen LogP contribution < -0.4 is 15.8 Å². The number of nitrogens with two attached hydrogens (primary N) is 1. The zero-order chi connectivity index (χ0) is 17.6. The topological polar surface area (TPSA) is 64.4 Å². The lowest BCUT2D eigenvalue weighted by molar-refractivity contribution is -0.121. The van der Waals surface area contributed by atoms with E-state index in [-0.39, 0.29) is 5.91 Å². The fraction of sp³-hybridized carbons (Fsp3) is 0.381. The molecule has 3 rings (SSSR count). The summed E-state index contributed by atoms with van der Waals surface area (Å²) in [4.78, 5) is 12.2. The molecule has 1 saturated carbocycles. The molecule has 0 aromatic heterocycles. The molecule has 0 radical (unpaired) electrons. The van der Waals surface area contributed by atoms with Gasteiger partial charge in [0.05, 0.1) is 6.61 Å². The van der Waals surface area contributed by atoms with E-state index < -0.39 is 0 Å². The Morgan fingerprint density at radius 1 is 1.20 bits per heavy atom. The van der Waals surface area contributed by atoms with Gasteiger partial charge in [-0.25, -0.2) is 0 Å². The number of carbonyl (C=O) groups is 1. The summed E-state index contributed by atoms with van der Waals surface area (Å²) >= 11 is 0. The third-order valence-corrected chi connectivity index (χ3v) is 4.55. The van der Waals surface area contributed by atoms with Crippen molar-refractivity contribution < 1.29 is 9.53 Å². The molecule has 1 aliphatic carbocycles. The van der Waals surface area contributed by atoms with Crippen LogP contribution >= 0.6 is 0 Å². The second-order valence-corrected chi connectivity index (χ2v) is 6.84. The highest BCUT2D eigenvalue weighted by Gasteiger charge is 2.22. The van der Waals surface area contributed by atoms with Gasteiger partial charge < -0.3 is 15.8 Å². The molecule has 0 aliphatic heterocycles. The Hall–Kier alpha value is -2.49. The van der Waals surface area contributed by atoms with Gasteiger partial charge in [0, 0.05) is 24.2 Å². The van der Waals surface area contributed by atoms with E-state index in [2.05, 4.69) is 24.4 Å². The van der Waals surface area contributed by atoms with Gasteiger partial charge in [0.15, 0.2) is 0 Å². The Morgan fingerprint density at radius 3 is 2.76 bits per heavy atom. The van der Waals surface area contributed by atoms with Crippen LogP contribution in [0.1, 0.15) is 36.0 Å². The van der Waals surface area contributed by atoms with Gasteiger partial charge >= 0.3 is 0 Å². The summed E-state index contributed by atoms with van der Waals surface area (Å²) in [6.45, 7) is 3.32. The molecule has 0 bridgehead atoms. The number of hydrogen-bond donors (Lipinski definition) is 2. The molecule has 132 valence electrons. The normalized spacial score (nSPS) is 13.5. The molecule has 2 aromatic rings. The summed E-state index contributed by atoms with van der Waals surface area (Å²) in [5, 5.41) is 2.99. The Kier molecular flexibility index (Phi) is 5.59. The molecule has 0 unspecified atom stereocenters. The molecule has 1 fully saturated rings. The van der Waals surface area contributed by atoms with Gasteiger partial charge in [0.2, 0.25) is 5.91 Å². The van der Waals surface area contributed by atoms with Crippen molar-refractivity contribution in [3.63, 3.8) is 0 Å². The standard InChI is InChI=1S/C21H26N2O2/c1-15-6-9-18(20(12-15)25-14-16-7-8-16)13-23-21(24)11-10-17-4-2-3-5-19(17)22/h2-6,9,12,16H,7-8,10-11,13-14,22H2,1H3,(H,23,24). The van der Waals surface area contributed by atoms with Gasteiger partial charge in [0.25, 0.3) is 0 Å². The van der Waals surface area contributed by atoms with Gasteiger partial charge in [-0.3, -0.25) is 4.79 Å². The zero-order valence-corrected chi connectivity index (χ0v) is 14.8. The number of carbonyl (C=O) groups excluding carboxylic acids is 1. The van der Waals surface area contributed by atoms with Crippen LogP contribution in [0.3, 0.4) is 0 Å². The molecule has 4 heteroatoms. The Morgan fingerprint density at radius 2 is 2.00 bits per heavy atom. The number of rotatable bonds is 8. The van der Waals surface area contributed by atoms with Gasteiger partial charge in [-0.05, 0) is 55.4 Å². The molecule has 4 nitrogen and oxygen atoms in total. The van der Waals surface area contributed by atoms with Crippen LogP contribution in [0, 0.1) is 12.8 Å². The fourth-order valence-electron chi connectivity index (χ4n) is 2.73. The third-order valence-electron chi connectivity index (χ3n) is 4.55. The molecule has 1 amide bonds. The average Bonchev–Trinajstić information content (AvgIpc) is 3.43. The third kappa shape index (κ3) is 5.24. The zero-order valence-electron chi connectivity index (χ0n) is 14.8. The van der Waals surface area contributed by atoms with Crippen molar-refractivity contribution in [3.05, 3.63) is 59.2 Å².